The Bertz CT molecular complexity index is 760. The summed E-state index contributed by atoms with van der Waals surface area (Å²) in [5, 5.41) is 2.95. The third kappa shape index (κ3) is 3.91. The van der Waals surface area contributed by atoms with Gasteiger partial charge in [-0.05, 0) is 37.3 Å². The second-order valence-corrected chi connectivity index (χ2v) is 6.11. The van der Waals surface area contributed by atoms with Crippen molar-refractivity contribution in [3.05, 3.63) is 47.5 Å². The van der Waals surface area contributed by atoms with Crippen LogP contribution in [-0.4, -0.2) is 46.4 Å². The minimum absolute atomic E-state index is 0.208. The van der Waals surface area contributed by atoms with Crippen molar-refractivity contribution in [3.63, 3.8) is 0 Å². The molecule has 0 aromatic heterocycles. The Morgan fingerprint density at radius 1 is 1.08 bits per heavy atom. The van der Waals surface area contributed by atoms with E-state index in [1.165, 1.54) is 0 Å². The van der Waals surface area contributed by atoms with Crippen LogP contribution < -0.4 is 19.7 Å². The van der Waals surface area contributed by atoms with Gasteiger partial charge in [0.05, 0.1) is 27.4 Å². The molecule has 0 bridgehead atoms. The number of benzene rings is 2. The number of hydrogen-bond acceptors (Lipinski definition) is 5. The Kier molecular flexibility index (Phi) is 5.63. The van der Waals surface area contributed by atoms with Crippen molar-refractivity contribution >= 4 is 17.3 Å². The molecule has 26 heavy (non-hydrogen) atoms. The number of methoxy groups -OCH3 is 2. The van der Waals surface area contributed by atoms with Crippen LogP contribution >= 0.6 is 0 Å². The predicted octanol–water partition coefficient (Wildman–Crippen LogP) is 3.10. The first-order chi connectivity index (χ1) is 12.6. The first-order valence-electron chi connectivity index (χ1n) is 8.59. The van der Waals surface area contributed by atoms with E-state index in [4.69, 9.17) is 14.2 Å². The van der Waals surface area contributed by atoms with E-state index >= 15 is 0 Å². The first kappa shape index (κ1) is 18.1. The van der Waals surface area contributed by atoms with Crippen molar-refractivity contribution in [3.8, 4) is 11.5 Å². The Morgan fingerprint density at radius 3 is 2.35 bits per heavy atom. The van der Waals surface area contributed by atoms with Gasteiger partial charge in [0.1, 0.15) is 11.5 Å². The van der Waals surface area contributed by atoms with Gasteiger partial charge in [0.15, 0.2) is 0 Å². The number of ether oxygens (including phenoxy) is 3. The standard InChI is InChI=1S/C20H24N2O4/c1-14-18(24-2)11-15(12-19(14)25-3)20(23)21-16-5-4-6-17(13-16)22-7-9-26-10-8-22/h4-6,11-13H,7-10H2,1-3H3,(H,21,23). The lowest BCUT2D eigenvalue weighted by Gasteiger charge is -2.29. The van der Waals surface area contributed by atoms with E-state index in [0.29, 0.717) is 17.1 Å². The van der Waals surface area contributed by atoms with Crippen LogP contribution in [0.1, 0.15) is 15.9 Å². The molecule has 2 aromatic rings. The molecule has 1 N–H and O–H groups in total. The van der Waals surface area contributed by atoms with Gasteiger partial charge in [-0.25, -0.2) is 0 Å². The zero-order valence-corrected chi connectivity index (χ0v) is 15.4. The van der Waals surface area contributed by atoms with Crippen LogP contribution in [0.15, 0.2) is 36.4 Å². The quantitative estimate of drug-likeness (QED) is 0.892. The molecule has 2 aromatic carbocycles. The molecule has 1 amide bonds. The minimum atomic E-state index is -0.208. The third-order valence-corrected chi connectivity index (χ3v) is 4.49. The summed E-state index contributed by atoms with van der Waals surface area (Å²) in [6.45, 7) is 5.04. The Labute approximate surface area is 153 Å². The minimum Gasteiger partial charge on any atom is -0.496 e. The zero-order chi connectivity index (χ0) is 18.5. The monoisotopic (exact) mass is 356 g/mol. The number of nitrogens with zero attached hydrogens (tertiary/aromatic N) is 1. The highest BCUT2D eigenvalue weighted by Gasteiger charge is 2.15. The number of nitrogens with one attached hydrogen (secondary N) is 1. The molecule has 0 radical (unpaired) electrons. The molecule has 0 spiro atoms. The van der Waals surface area contributed by atoms with E-state index in [2.05, 4.69) is 10.2 Å². The molecule has 1 saturated heterocycles. The van der Waals surface area contributed by atoms with Gasteiger partial charge >= 0.3 is 0 Å². The number of carbonyl (C=O) groups is 1. The topological polar surface area (TPSA) is 60.0 Å². The maximum absolute atomic E-state index is 12.7. The van der Waals surface area contributed by atoms with Crippen molar-refractivity contribution in [2.24, 2.45) is 0 Å². The van der Waals surface area contributed by atoms with Crippen molar-refractivity contribution < 1.29 is 19.0 Å². The maximum Gasteiger partial charge on any atom is 0.255 e. The lowest BCUT2D eigenvalue weighted by molar-refractivity contribution is 0.102. The number of rotatable bonds is 5. The zero-order valence-electron chi connectivity index (χ0n) is 15.4. The van der Waals surface area contributed by atoms with Gasteiger partial charge in [-0.1, -0.05) is 6.07 Å². The largest absolute Gasteiger partial charge is 0.496 e. The van der Waals surface area contributed by atoms with E-state index in [9.17, 15) is 4.79 Å². The van der Waals surface area contributed by atoms with Crippen molar-refractivity contribution in [2.75, 3.05) is 50.7 Å². The van der Waals surface area contributed by atoms with E-state index in [1.807, 2.05) is 31.2 Å². The summed E-state index contributed by atoms with van der Waals surface area (Å²) in [4.78, 5) is 14.9. The summed E-state index contributed by atoms with van der Waals surface area (Å²) in [7, 11) is 3.16. The van der Waals surface area contributed by atoms with Crippen LogP contribution in [0.3, 0.4) is 0 Å². The van der Waals surface area contributed by atoms with Crippen LogP contribution in [0.4, 0.5) is 11.4 Å². The highest BCUT2D eigenvalue weighted by atomic mass is 16.5. The molecule has 6 heteroatoms. The number of carbonyl (C=O) groups excluding carboxylic acids is 1. The molecular formula is C20H24N2O4. The fraction of sp³-hybridized carbons (Fsp3) is 0.350. The molecule has 1 aliphatic heterocycles. The van der Waals surface area contributed by atoms with Crippen LogP contribution in [0.2, 0.25) is 0 Å². The maximum atomic E-state index is 12.7. The van der Waals surface area contributed by atoms with Crippen molar-refractivity contribution in [1.82, 2.24) is 0 Å². The Hall–Kier alpha value is -2.73. The van der Waals surface area contributed by atoms with Gasteiger partial charge in [0.2, 0.25) is 0 Å². The van der Waals surface area contributed by atoms with Crippen molar-refractivity contribution in [2.45, 2.75) is 6.92 Å². The Balaban J connectivity index is 1.80. The molecular weight excluding hydrogens is 332 g/mol. The summed E-state index contributed by atoms with van der Waals surface area (Å²) in [6, 6.07) is 11.3. The smallest absolute Gasteiger partial charge is 0.255 e. The van der Waals surface area contributed by atoms with Gasteiger partial charge in [-0.2, -0.15) is 0 Å². The molecule has 0 atom stereocenters. The van der Waals surface area contributed by atoms with Crippen LogP contribution in [-0.2, 0) is 4.74 Å². The molecule has 0 unspecified atom stereocenters. The lowest BCUT2D eigenvalue weighted by atomic mass is 10.1. The van der Waals surface area contributed by atoms with E-state index in [0.717, 1.165) is 43.2 Å². The Morgan fingerprint density at radius 2 is 1.73 bits per heavy atom. The molecule has 1 aliphatic rings. The van der Waals surface area contributed by atoms with Gasteiger partial charge in [-0.3, -0.25) is 4.79 Å². The fourth-order valence-corrected chi connectivity index (χ4v) is 3.02. The second-order valence-electron chi connectivity index (χ2n) is 6.11. The van der Waals surface area contributed by atoms with Gasteiger partial charge in [-0.15, -0.1) is 0 Å². The molecule has 1 fully saturated rings. The molecule has 0 aliphatic carbocycles. The molecule has 1 heterocycles. The number of anilines is 2. The van der Waals surface area contributed by atoms with Gasteiger partial charge in [0.25, 0.3) is 5.91 Å². The SMILES string of the molecule is COc1cc(C(=O)Nc2cccc(N3CCOCC3)c2)cc(OC)c1C. The summed E-state index contributed by atoms with van der Waals surface area (Å²) in [5.41, 5.74) is 3.17. The van der Waals surface area contributed by atoms with Crippen LogP contribution in [0, 0.1) is 6.92 Å². The lowest BCUT2D eigenvalue weighted by Crippen LogP contribution is -2.36. The van der Waals surface area contributed by atoms with Gasteiger partial charge in [0, 0.05) is 35.6 Å². The number of morpholine rings is 1. The number of amides is 1. The van der Waals surface area contributed by atoms with Crippen LogP contribution in [0.5, 0.6) is 11.5 Å². The third-order valence-electron chi connectivity index (χ3n) is 4.49. The van der Waals surface area contributed by atoms with E-state index < -0.39 is 0 Å². The number of hydrogen-bond donors (Lipinski definition) is 1. The second kappa shape index (κ2) is 8.10. The van der Waals surface area contributed by atoms with E-state index in [-0.39, 0.29) is 5.91 Å². The molecule has 3 rings (SSSR count). The average molecular weight is 356 g/mol. The van der Waals surface area contributed by atoms with Crippen LogP contribution in [0.25, 0.3) is 0 Å². The first-order valence-corrected chi connectivity index (χ1v) is 8.59. The highest BCUT2D eigenvalue weighted by Crippen LogP contribution is 2.30. The summed E-state index contributed by atoms with van der Waals surface area (Å²) >= 11 is 0. The average Bonchev–Trinajstić information content (AvgIpc) is 2.69. The highest BCUT2D eigenvalue weighted by molar-refractivity contribution is 6.05. The van der Waals surface area contributed by atoms with E-state index in [1.54, 1.807) is 26.4 Å². The van der Waals surface area contributed by atoms with Gasteiger partial charge < -0.3 is 24.4 Å². The fourth-order valence-electron chi connectivity index (χ4n) is 3.02. The summed E-state index contributed by atoms with van der Waals surface area (Å²) in [5.74, 6) is 1.04. The molecule has 0 saturated carbocycles. The normalized spacial score (nSPS) is 14.0. The van der Waals surface area contributed by atoms with Crippen molar-refractivity contribution in [1.29, 1.82) is 0 Å². The summed E-state index contributed by atoms with van der Waals surface area (Å²) < 4.78 is 16.1. The predicted molar refractivity (Wildman–Crippen MR) is 102 cm³/mol. The summed E-state index contributed by atoms with van der Waals surface area (Å²) in [6.07, 6.45) is 0. The molecule has 138 valence electrons. The molecule has 6 nitrogen and oxygen atoms in total.